The van der Waals surface area contributed by atoms with Gasteiger partial charge in [0.2, 0.25) is 5.13 Å². The van der Waals surface area contributed by atoms with E-state index in [1.165, 1.54) is 6.08 Å². The first-order chi connectivity index (χ1) is 12.6. The molecule has 0 saturated carbocycles. The van der Waals surface area contributed by atoms with Gasteiger partial charge >= 0.3 is 0 Å². The number of anilines is 1. The van der Waals surface area contributed by atoms with Crippen LogP contribution >= 0.6 is 11.3 Å². The fraction of sp³-hybridized carbons (Fsp3) is 0.474. The summed E-state index contributed by atoms with van der Waals surface area (Å²) in [5.74, 6) is 0.124. The van der Waals surface area contributed by atoms with Crippen molar-refractivity contribution in [2.75, 3.05) is 18.9 Å². The van der Waals surface area contributed by atoms with Crippen LogP contribution in [-0.2, 0) is 4.74 Å². The van der Waals surface area contributed by atoms with Gasteiger partial charge in [0.25, 0.3) is 5.19 Å². The lowest BCUT2D eigenvalue weighted by atomic mass is 10.2. The molecule has 0 aromatic carbocycles. The van der Waals surface area contributed by atoms with E-state index in [0.29, 0.717) is 28.3 Å². The van der Waals surface area contributed by atoms with Gasteiger partial charge < -0.3 is 15.2 Å². The average Bonchev–Trinajstić information content (AvgIpc) is 3.10. The van der Waals surface area contributed by atoms with Crippen LogP contribution in [-0.4, -0.2) is 23.4 Å². The van der Waals surface area contributed by atoms with E-state index < -0.39 is 0 Å². The molecule has 0 amide bonds. The number of ether oxygens (including phenoxy) is 2. The third kappa shape index (κ3) is 14.1. The topological polar surface area (TPSA) is 70.3 Å². The number of hydrogen-bond donors (Lipinski definition) is 1. The lowest BCUT2D eigenvalue weighted by Gasteiger charge is -2.07. The SMILES string of the molecule is C#C.C=C(OCC)C(/C=C(/F)CCOc1nnc(N)s1)=C/C.CC.CC. The zero-order valence-corrected chi connectivity index (χ0v) is 17.5. The van der Waals surface area contributed by atoms with Crippen molar-refractivity contribution in [3.63, 3.8) is 0 Å². The molecule has 0 spiro atoms. The molecule has 7 heteroatoms. The van der Waals surface area contributed by atoms with Crippen molar-refractivity contribution in [2.45, 2.75) is 48.0 Å². The van der Waals surface area contributed by atoms with Crippen LogP contribution < -0.4 is 10.5 Å². The summed E-state index contributed by atoms with van der Waals surface area (Å²) >= 11 is 1.12. The van der Waals surface area contributed by atoms with Gasteiger partial charge in [-0.1, -0.05) is 45.4 Å². The zero-order valence-electron chi connectivity index (χ0n) is 16.7. The van der Waals surface area contributed by atoms with Crippen LogP contribution in [0.2, 0.25) is 0 Å². The van der Waals surface area contributed by atoms with Crippen molar-refractivity contribution in [1.82, 2.24) is 10.2 Å². The molecular weight excluding hydrogens is 353 g/mol. The van der Waals surface area contributed by atoms with Gasteiger partial charge in [0.15, 0.2) is 0 Å². The highest BCUT2D eigenvalue weighted by Crippen LogP contribution is 2.20. The highest BCUT2D eigenvalue weighted by molar-refractivity contribution is 7.16. The van der Waals surface area contributed by atoms with Crippen molar-refractivity contribution in [2.24, 2.45) is 0 Å². The number of hydrogen-bond acceptors (Lipinski definition) is 6. The minimum absolute atomic E-state index is 0.121. The van der Waals surface area contributed by atoms with Gasteiger partial charge in [0.1, 0.15) is 11.6 Å². The number of allylic oxidation sites excluding steroid dienone is 2. The molecule has 1 aromatic heterocycles. The Morgan fingerprint density at radius 1 is 1.27 bits per heavy atom. The summed E-state index contributed by atoms with van der Waals surface area (Å²) in [6, 6.07) is 0. The maximum atomic E-state index is 13.7. The molecule has 2 N–H and O–H groups in total. The molecular formula is C19H32FN3O2S. The highest BCUT2D eigenvalue weighted by Gasteiger charge is 2.05. The first-order valence-electron chi connectivity index (χ1n) is 8.46. The first-order valence-corrected chi connectivity index (χ1v) is 9.28. The molecule has 0 saturated heterocycles. The first kappa shape index (κ1) is 28.5. The second-order valence-electron chi connectivity index (χ2n) is 3.70. The van der Waals surface area contributed by atoms with Crippen molar-refractivity contribution in [1.29, 1.82) is 0 Å². The second-order valence-corrected chi connectivity index (χ2v) is 4.67. The molecule has 0 fully saturated rings. The normalized spacial score (nSPS) is 10.0. The maximum absolute atomic E-state index is 13.7. The quantitative estimate of drug-likeness (QED) is 0.361. The summed E-state index contributed by atoms with van der Waals surface area (Å²) < 4.78 is 24.2. The molecule has 26 heavy (non-hydrogen) atoms. The van der Waals surface area contributed by atoms with Crippen LogP contribution in [0.4, 0.5) is 9.52 Å². The number of rotatable bonds is 8. The number of nitrogens with zero attached hydrogens (tertiary/aromatic N) is 2. The van der Waals surface area contributed by atoms with E-state index in [1.54, 1.807) is 13.0 Å². The Hall–Kier alpha value is -2.33. The molecule has 0 aliphatic carbocycles. The average molecular weight is 386 g/mol. The predicted octanol–water partition coefficient (Wildman–Crippen LogP) is 5.54. The minimum Gasteiger partial charge on any atom is -0.494 e. The standard InChI is InChI=1S/C13H18FN3O2S.2C2H6.C2H2/c1-4-10(9(3)18-5-2)8-11(14)6-7-19-13-17-16-12(15)20-13;3*1-2/h4,8H,3,5-7H2,1-2H3,(H2,15,16);2*1-2H3;1-2H/b10-4+,11-8+;;;. The van der Waals surface area contributed by atoms with E-state index in [0.717, 1.165) is 11.3 Å². The smallest absolute Gasteiger partial charge is 0.295 e. The number of nitrogen functional groups attached to an aromatic ring is 1. The Bertz CT molecular complexity index is 552. The van der Waals surface area contributed by atoms with Crippen molar-refractivity contribution >= 4 is 16.5 Å². The third-order valence-corrected chi connectivity index (χ3v) is 2.92. The van der Waals surface area contributed by atoms with E-state index in [2.05, 4.69) is 29.6 Å². The number of halogens is 1. The summed E-state index contributed by atoms with van der Waals surface area (Å²) in [5.41, 5.74) is 6.02. The molecule has 0 aliphatic rings. The van der Waals surface area contributed by atoms with Gasteiger partial charge in [-0.25, -0.2) is 4.39 Å². The fourth-order valence-electron chi connectivity index (χ4n) is 1.34. The zero-order chi connectivity index (χ0) is 21.0. The molecule has 1 rings (SSSR count). The minimum atomic E-state index is -0.323. The van der Waals surface area contributed by atoms with E-state index >= 15 is 0 Å². The monoisotopic (exact) mass is 385 g/mol. The third-order valence-electron chi connectivity index (χ3n) is 2.25. The molecule has 0 unspecified atom stereocenters. The van der Waals surface area contributed by atoms with E-state index in [4.69, 9.17) is 15.2 Å². The summed E-state index contributed by atoms with van der Waals surface area (Å²) in [6.45, 7) is 16.0. The van der Waals surface area contributed by atoms with Gasteiger partial charge in [-0.05, 0) is 31.3 Å². The molecule has 0 atom stereocenters. The lowest BCUT2D eigenvalue weighted by Crippen LogP contribution is -1.98. The van der Waals surface area contributed by atoms with Gasteiger partial charge in [0, 0.05) is 12.0 Å². The van der Waals surface area contributed by atoms with Gasteiger partial charge in [-0.2, -0.15) is 0 Å². The molecule has 148 valence electrons. The maximum Gasteiger partial charge on any atom is 0.295 e. The Morgan fingerprint density at radius 2 is 1.85 bits per heavy atom. The summed E-state index contributed by atoms with van der Waals surface area (Å²) in [6.07, 6.45) is 11.2. The van der Waals surface area contributed by atoms with Crippen LogP contribution in [0.25, 0.3) is 0 Å². The van der Waals surface area contributed by atoms with Gasteiger partial charge in [-0.3, -0.25) is 0 Å². The van der Waals surface area contributed by atoms with E-state index in [9.17, 15) is 4.39 Å². The Labute approximate surface area is 161 Å². The molecule has 1 heterocycles. The summed E-state index contributed by atoms with van der Waals surface area (Å²) in [4.78, 5) is 0. The molecule has 0 aliphatic heterocycles. The Kier molecular flexibility index (Phi) is 22.7. The number of aromatic nitrogens is 2. The van der Waals surface area contributed by atoms with E-state index in [-0.39, 0.29) is 18.9 Å². The highest BCUT2D eigenvalue weighted by atomic mass is 32.1. The Morgan fingerprint density at radius 3 is 2.27 bits per heavy atom. The van der Waals surface area contributed by atoms with Crippen LogP contribution in [0, 0.1) is 12.8 Å². The van der Waals surface area contributed by atoms with Crippen molar-refractivity contribution < 1.29 is 13.9 Å². The number of nitrogens with two attached hydrogens (primary N) is 1. The summed E-state index contributed by atoms with van der Waals surface area (Å²) in [7, 11) is 0. The second kappa shape index (κ2) is 20.7. The van der Waals surface area contributed by atoms with Crippen molar-refractivity contribution in [3.8, 4) is 18.0 Å². The largest absolute Gasteiger partial charge is 0.494 e. The molecule has 0 radical (unpaired) electrons. The fourth-order valence-corrected chi connectivity index (χ4v) is 1.82. The molecule has 1 aromatic rings. The lowest BCUT2D eigenvalue weighted by molar-refractivity contribution is 0.240. The number of terminal acetylenes is 1. The van der Waals surface area contributed by atoms with E-state index in [1.807, 2.05) is 34.6 Å². The molecule has 0 bridgehead atoms. The molecule has 5 nitrogen and oxygen atoms in total. The Balaban J connectivity index is -0.000000795. The van der Waals surface area contributed by atoms with Crippen molar-refractivity contribution in [3.05, 3.63) is 35.9 Å². The van der Waals surface area contributed by atoms with Gasteiger partial charge in [-0.15, -0.1) is 17.9 Å². The van der Waals surface area contributed by atoms with Crippen LogP contribution in [0.3, 0.4) is 0 Å². The van der Waals surface area contributed by atoms with Crippen LogP contribution in [0.15, 0.2) is 35.9 Å². The van der Waals surface area contributed by atoms with Crippen LogP contribution in [0.1, 0.15) is 48.0 Å². The van der Waals surface area contributed by atoms with Crippen LogP contribution in [0.5, 0.6) is 5.19 Å². The summed E-state index contributed by atoms with van der Waals surface area (Å²) in [5, 5.41) is 7.92. The van der Waals surface area contributed by atoms with Gasteiger partial charge in [0.05, 0.1) is 13.2 Å². The predicted molar refractivity (Wildman–Crippen MR) is 111 cm³/mol.